The molecule has 1 fully saturated rings. The third kappa shape index (κ3) is 16.2. The molecule has 0 bridgehead atoms. The number of benzene rings is 2. The van der Waals surface area contributed by atoms with E-state index in [-0.39, 0.29) is 38.0 Å². The molecule has 0 radical (unpaired) electrons. The van der Waals surface area contributed by atoms with Crippen molar-refractivity contribution >= 4 is 64.1 Å². The van der Waals surface area contributed by atoms with Crippen LogP contribution < -0.4 is 43.0 Å². The number of imidazole rings is 1. The Morgan fingerprint density at radius 1 is 0.775 bits per heavy atom. The summed E-state index contributed by atoms with van der Waals surface area (Å²) >= 11 is 0. The number of aromatic amines is 2. The van der Waals surface area contributed by atoms with Gasteiger partial charge in [0.2, 0.25) is 47.3 Å². The second-order valence-electron chi connectivity index (χ2n) is 18.9. The van der Waals surface area contributed by atoms with Gasteiger partial charge in [0.1, 0.15) is 36.3 Å². The molecular formula is C49H66N12O10. The van der Waals surface area contributed by atoms with Crippen LogP contribution in [0.2, 0.25) is 0 Å². The number of piperidine rings is 1. The molecule has 22 heteroatoms. The van der Waals surface area contributed by atoms with Crippen LogP contribution in [-0.2, 0) is 62.4 Å². The molecule has 0 unspecified atom stereocenters. The molecule has 0 aliphatic carbocycles. The Hall–Kier alpha value is -7.62. The number of carboxylic acid groups (broad SMARTS) is 1. The Bertz CT molecular complexity index is 2500. The number of H-pyrrole nitrogens is 2. The number of fused-ring (bicyclic) bond motifs is 1. The van der Waals surface area contributed by atoms with E-state index in [0.717, 1.165) is 34.2 Å². The Morgan fingerprint density at radius 3 is 2.08 bits per heavy atom. The minimum absolute atomic E-state index is 0.0779. The van der Waals surface area contributed by atoms with E-state index in [4.69, 9.17) is 5.73 Å². The van der Waals surface area contributed by atoms with Gasteiger partial charge in [-0.15, -0.1) is 0 Å². The lowest BCUT2D eigenvalue weighted by Gasteiger charge is -2.34. The van der Waals surface area contributed by atoms with Crippen LogP contribution in [0.1, 0.15) is 76.6 Å². The Morgan fingerprint density at radius 2 is 1.44 bits per heavy atom. The largest absolute Gasteiger partial charge is 0.480 e. The zero-order chi connectivity index (χ0) is 51.8. The van der Waals surface area contributed by atoms with Crippen LogP contribution in [0, 0.1) is 5.41 Å². The minimum atomic E-state index is -1.42. The number of aliphatic carboxylic acids is 1. The molecule has 0 spiro atoms. The summed E-state index contributed by atoms with van der Waals surface area (Å²) in [5, 5.41) is 29.6. The summed E-state index contributed by atoms with van der Waals surface area (Å²) in [5.74, 6) is -7.04. The van der Waals surface area contributed by atoms with Gasteiger partial charge in [-0.05, 0) is 55.3 Å². The van der Waals surface area contributed by atoms with Crippen molar-refractivity contribution < 1.29 is 48.3 Å². The quantitative estimate of drug-likeness (QED) is 0.0437. The van der Waals surface area contributed by atoms with Gasteiger partial charge in [0.15, 0.2) is 0 Å². The van der Waals surface area contributed by atoms with Gasteiger partial charge in [-0.2, -0.15) is 0 Å². The number of hydrogen-bond acceptors (Lipinski definition) is 11. The number of carboxylic acids is 1. The molecule has 71 heavy (non-hydrogen) atoms. The van der Waals surface area contributed by atoms with E-state index in [1.807, 2.05) is 24.3 Å². The van der Waals surface area contributed by atoms with Crippen LogP contribution in [0.5, 0.6) is 0 Å². The molecule has 0 saturated carbocycles. The summed E-state index contributed by atoms with van der Waals surface area (Å²) in [7, 11) is 1.33. The molecule has 12 N–H and O–H groups in total. The highest BCUT2D eigenvalue weighted by atomic mass is 16.4. The van der Waals surface area contributed by atoms with E-state index in [2.05, 4.69) is 52.2 Å². The molecule has 3 heterocycles. The molecule has 2 aromatic heterocycles. The lowest BCUT2D eigenvalue weighted by Crippen LogP contribution is -2.61. The fourth-order valence-corrected chi connectivity index (χ4v) is 8.10. The molecule has 22 nitrogen and oxygen atoms in total. The second-order valence-corrected chi connectivity index (χ2v) is 18.9. The molecule has 1 aliphatic rings. The molecule has 7 atom stereocenters. The molecule has 4 aromatic rings. The van der Waals surface area contributed by atoms with E-state index in [1.54, 1.807) is 57.3 Å². The average molecular weight is 983 g/mol. The Balaban J connectivity index is 1.32. The first-order chi connectivity index (χ1) is 33.7. The van der Waals surface area contributed by atoms with Crippen LogP contribution in [0.3, 0.4) is 0 Å². The minimum Gasteiger partial charge on any atom is -0.480 e. The number of hydrogen-bond donors (Lipinski definition) is 11. The predicted molar refractivity (Wildman–Crippen MR) is 260 cm³/mol. The maximum Gasteiger partial charge on any atom is 0.326 e. The van der Waals surface area contributed by atoms with Crippen molar-refractivity contribution in [3.05, 3.63) is 90.1 Å². The number of nitrogens with zero attached hydrogens (tertiary/aromatic N) is 2. The molecule has 1 aliphatic heterocycles. The molecular weight excluding hydrogens is 917 g/mol. The van der Waals surface area contributed by atoms with Crippen molar-refractivity contribution in [1.82, 2.24) is 57.1 Å². The van der Waals surface area contributed by atoms with Gasteiger partial charge in [0.25, 0.3) is 0 Å². The number of aromatic nitrogens is 3. The van der Waals surface area contributed by atoms with Crippen LogP contribution >= 0.6 is 0 Å². The highest BCUT2D eigenvalue weighted by molar-refractivity contribution is 5.98. The van der Waals surface area contributed by atoms with Gasteiger partial charge in [-0.25, -0.2) is 9.78 Å². The summed E-state index contributed by atoms with van der Waals surface area (Å²) in [6.07, 6.45) is 6.15. The maximum atomic E-state index is 14.4. The normalized spacial score (nSPS) is 16.2. The number of para-hydroxylation sites is 1. The van der Waals surface area contributed by atoms with E-state index in [1.165, 1.54) is 26.5 Å². The Kier molecular flexibility index (Phi) is 19.4. The third-order valence-electron chi connectivity index (χ3n) is 12.1. The number of primary amides is 1. The first kappa shape index (κ1) is 54.3. The van der Waals surface area contributed by atoms with Gasteiger partial charge in [-0.3, -0.25) is 38.4 Å². The van der Waals surface area contributed by atoms with E-state index in [9.17, 15) is 48.3 Å². The molecule has 2 aromatic carbocycles. The summed E-state index contributed by atoms with van der Waals surface area (Å²) in [6.45, 7) is 6.53. The number of rotatable bonds is 24. The molecule has 382 valence electrons. The summed E-state index contributed by atoms with van der Waals surface area (Å²) in [5.41, 5.74) is 7.08. The van der Waals surface area contributed by atoms with E-state index >= 15 is 0 Å². The monoisotopic (exact) mass is 983 g/mol. The lowest BCUT2D eigenvalue weighted by atomic mass is 9.85. The average Bonchev–Trinajstić information content (AvgIpc) is 4.01. The second kappa shape index (κ2) is 25.3. The van der Waals surface area contributed by atoms with Crippen LogP contribution in [0.15, 0.2) is 73.3 Å². The molecule has 8 amide bonds. The van der Waals surface area contributed by atoms with E-state index in [0.29, 0.717) is 24.2 Å². The smallest absolute Gasteiger partial charge is 0.326 e. The van der Waals surface area contributed by atoms with Gasteiger partial charge in [-0.1, -0.05) is 75.7 Å². The fraction of sp³-hybridized carbons (Fsp3) is 0.469. The van der Waals surface area contributed by atoms with Gasteiger partial charge < -0.3 is 62.9 Å². The molecule has 5 rings (SSSR count). The number of nitrogens with one attached hydrogen (secondary N) is 9. The third-order valence-corrected chi connectivity index (χ3v) is 12.1. The van der Waals surface area contributed by atoms with Gasteiger partial charge in [0.05, 0.1) is 24.6 Å². The van der Waals surface area contributed by atoms with Crippen molar-refractivity contribution in [3.8, 4) is 0 Å². The number of amides is 8. The lowest BCUT2D eigenvalue weighted by molar-refractivity contribution is -0.143. The summed E-state index contributed by atoms with van der Waals surface area (Å²) in [6, 6.07) is 7.93. The first-order valence-corrected chi connectivity index (χ1v) is 23.6. The Labute approximate surface area is 411 Å². The van der Waals surface area contributed by atoms with Crippen molar-refractivity contribution in [2.75, 3.05) is 20.1 Å². The van der Waals surface area contributed by atoms with Crippen LogP contribution in [0.4, 0.5) is 0 Å². The summed E-state index contributed by atoms with van der Waals surface area (Å²) < 4.78 is 0. The SMILES string of the molecule is C[C@H](NC(=O)[C@H](Cc1c[nH]c2ccccc12)NC(=O)[C@H](CCC(N)=O)NC(=O)[C@@H](Cc1ccccc1)NC(=O)[C@@H]1CCCCN1)C(=O)N[C@H](C(=O)N(C)CC(=O)N[C@@H](Cc1c[nH]cn1)C(=O)O)C(C)(C)C. The van der Waals surface area contributed by atoms with Crippen molar-refractivity contribution in [1.29, 1.82) is 0 Å². The number of carbonyl (C=O) groups excluding carboxylic acids is 8. The number of nitrogens with two attached hydrogens (primary N) is 1. The van der Waals surface area contributed by atoms with E-state index < -0.39 is 102 Å². The maximum absolute atomic E-state index is 14.4. The first-order valence-electron chi connectivity index (χ1n) is 23.6. The molecule has 1 saturated heterocycles. The predicted octanol–water partition coefficient (Wildman–Crippen LogP) is -0.156. The van der Waals surface area contributed by atoms with Gasteiger partial charge >= 0.3 is 5.97 Å². The van der Waals surface area contributed by atoms with Crippen molar-refractivity contribution in [2.45, 2.75) is 121 Å². The number of carbonyl (C=O) groups is 9. The summed E-state index contributed by atoms with van der Waals surface area (Å²) in [4.78, 5) is 132. The highest BCUT2D eigenvalue weighted by Gasteiger charge is 2.38. The van der Waals surface area contributed by atoms with Gasteiger partial charge in [0, 0.05) is 56.0 Å². The standard InChI is InChI=1S/C49H66N12O10/c1-28(42(64)60-41(49(2,3)4)47(69)61(5)26-40(63)56-38(48(70)71)23-31-25-51-27-54-31)55-45(67)37(22-30-24-53-33-16-10-9-15-32(30)33)59-44(66)35(18-19-39(50)62)57-46(68)36(21-29-13-7-6-8-14-29)58-43(65)34-17-11-12-20-52-34/h6-10,13-16,24-25,27-28,34-38,41,52-53H,11-12,17-23,26H2,1-5H3,(H2,50,62)(H,51,54)(H,55,67)(H,56,63)(H,57,68)(H,58,65)(H,59,66)(H,60,64)(H,70,71)/t28-,34-,35-,36+,37-,38-,41+/m0/s1. The van der Waals surface area contributed by atoms with Crippen molar-refractivity contribution in [2.24, 2.45) is 11.1 Å². The van der Waals surface area contributed by atoms with Crippen LogP contribution in [0.25, 0.3) is 10.9 Å². The topological polar surface area (TPSA) is 332 Å². The fourth-order valence-electron chi connectivity index (χ4n) is 8.10. The van der Waals surface area contributed by atoms with Crippen LogP contribution in [-0.4, -0.2) is 141 Å². The number of likely N-dealkylation sites (N-methyl/N-ethyl adjacent to an activating group) is 1. The highest BCUT2D eigenvalue weighted by Crippen LogP contribution is 2.22. The zero-order valence-corrected chi connectivity index (χ0v) is 40.6. The zero-order valence-electron chi connectivity index (χ0n) is 40.6. The van der Waals surface area contributed by atoms with Crippen molar-refractivity contribution in [3.63, 3.8) is 0 Å².